The van der Waals surface area contributed by atoms with Crippen molar-refractivity contribution in [3.05, 3.63) is 228 Å². The van der Waals surface area contributed by atoms with Crippen LogP contribution in [0.2, 0.25) is 0 Å². The van der Waals surface area contributed by atoms with Crippen molar-refractivity contribution in [3.63, 3.8) is 0 Å². The van der Waals surface area contributed by atoms with E-state index in [-0.39, 0.29) is 47.8 Å². The summed E-state index contributed by atoms with van der Waals surface area (Å²) < 4.78 is 8.21. The largest absolute Gasteiger partial charge is 0.343 e. The number of aromatic nitrogens is 20. The molecule has 5 N–H and O–H groups in total. The maximum absolute atomic E-state index is 13.1. The van der Waals surface area contributed by atoms with Gasteiger partial charge in [0.2, 0.25) is 23.6 Å². The van der Waals surface area contributed by atoms with Crippen molar-refractivity contribution in [2.24, 2.45) is 12.0 Å². The molecule has 0 unspecified atom stereocenters. The van der Waals surface area contributed by atoms with E-state index in [1.165, 1.54) is 30.4 Å². The second kappa shape index (κ2) is 33.4. The van der Waals surface area contributed by atoms with Gasteiger partial charge in [0, 0.05) is 182 Å². The summed E-state index contributed by atoms with van der Waals surface area (Å²) in [6.07, 6.45) is 19.8. The summed E-state index contributed by atoms with van der Waals surface area (Å²) in [6.45, 7) is 11.4. The number of likely N-dealkylation sites (tertiary alicyclic amines) is 4. The fourth-order valence-electron chi connectivity index (χ4n) is 17.6. The van der Waals surface area contributed by atoms with Gasteiger partial charge in [-0.2, -0.15) is 21.5 Å². The fraction of sp³-hybridized carbons (Fsp3) is 0.299. The molecule has 16 aromatic rings. The Morgan fingerprint density at radius 1 is 0.392 bits per heavy atom. The van der Waals surface area contributed by atoms with E-state index in [9.17, 15) is 57.5 Å². The number of rotatable bonds is 8. The molecule has 5 aliphatic rings. The third-order valence-corrected chi connectivity index (χ3v) is 24.8. The highest BCUT2D eigenvalue weighted by Gasteiger charge is 2.32. The molecule has 1 aromatic carbocycles. The standard InChI is InChI=1S/C25H22N6O3.C21H21N7O3.C21H19N5O3S.C20H19N7O3/c1-14(32)30-8-6-18(7-9-30)31-23-19(24(33)29-25(31)34)13-27-21-5-4-20(28-22(21)23)15-2-3-16-11-26-12-17(16)10-15;1-12(29)27-7-5-14(6-8-27)28-19-15(20(30)25-21(28)31)10-22-17-4-3-16(24-18(17)19)13-9-23-26(2)11-13;1-12(27)25-7-4-14(5-8-25)26-19-15(20(28)24-21(26)29)10-22-17-3-2-16(23-18(17)19)13-6-9-30-11-13;1-11(28)26-6-4-13(5-7-26)27-18-14(19(29)25-20(27)30)10-21-16-3-2-15(24-17(16)18)12-8-22-23-9-12/h2-5,10,12-13,18H,6-9,11H2,1H3,(H,29,33,34);3-4,9-11,14H,5-8H2,1-2H3,(H,25,30,31);2-3,6,9-11,14H,4-5,7-8H2,1H3,(H,24,28,29);2-3,8-10,13H,4-7H2,1H3,(H,22,23)(H,25,29,30). The van der Waals surface area contributed by atoms with Crippen LogP contribution in [-0.4, -0.2) is 200 Å². The van der Waals surface area contributed by atoms with E-state index in [2.05, 4.69) is 66.2 Å². The zero-order chi connectivity index (χ0) is 86.7. The number of hydrogen-bond acceptors (Lipinski definition) is 24. The molecule has 37 nitrogen and oxygen atoms in total. The number of thiophene rings is 1. The van der Waals surface area contributed by atoms with Gasteiger partial charge in [-0.25, -0.2) is 39.1 Å². The minimum absolute atomic E-state index is 0.0215. The molecule has 0 radical (unpaired) electrons. The number of benzene rings is 1. The van der Waals surface area contributed by atoms with Crippen molar-refractivity contribution >= 4 is 129 Å². The van der Waals surface area contributed by atoms with Crippen LogP contribution in [0.5, 0.6) is 0 Å². The van der Waals surface area contributed by atoms with Crippen molar-refractivity contribution in [2.75, 3.05) is 52.4 Å². The van der Waals surface area contributed by atoms with E-state index in [0.29, 0.717) is 209 Å². The summed E-state index contributed by atoms with van der Waals surface area (Å²) in [5.74, 6) is 0.101. The highest BCUT2D eigenvalue weighted by molar-refractivity contribution is 7.08. The van der Waals surface area contributed by atoms with Crippen LogP contribution in [0.15, 0.2) is 176 Å². The lowest BCUT2D eigenvalue weighted by atomic mass is 10.0. The Hall–Kier alpha value is -15.1. The summed E-state index contributed by atoms with van der Waals surface area (Å²) >= 11 is 1.58. The Kier molecular flexibility index (Phi) is 21.6. The number of carbonyl (C=O) groups excluding carboxylic acids is 4. The molecule has 0 bridgehead atoms. The van der Waals surface area contributed by atoms with Crippen LogP contribution >= 0.6 is 11.3 Å². The molecule has 0 spiro atoms. The first-order chi connectivity index (χ1) is 60.5. The molecule has 125 heavy (non-hydrogen) atoms. The van der Waals surface area contributed by atoms with Gasteiger partial charge in [0.25, 0.3) is 22.2 Å². The Labute approximate surface area is 708 Å². The van der Waals surface area contributed by atoms with Crippen molar-refractivity contribution in [1.82, 2.24) is 118 Å². The molecule has 15 aromatic heterocycles. The van der Waals surface area contributed by atoms with Gasteiger partial charge in [0.05, 0.1) is 107 Å². The summed E-state index contributed by atoms with van der Waals surface area (Å²) in [6, 6.07) is 22.3. The Morgan fingerprint density at radius 2 is 0.736 bits per heavy atom. The second-order valence-electron chi connectivity index (χ2n) is 31.6. The number of pyridine rings is 8. The highest BCUT2D eigenvalue weighted by atomic mass is 32.1. The molecule has 38 heteroatoms. The quantitative estimate of drug-likeness (QED) is 0.0925. The Bertz CT molecular complexity index is 7410. The molecule has 0 atom stereocenters. The van der Waals surface area contributed by atoms with Crippen LogP contribution in [0, 0.1) is 0 Å². The number of piperidine rings is 4. The lowest BCUT2D eigenvalue weighted by Crippen LogP contribution is -2.41. The first-order valence-corrected chi connectivity index (χ1v) is 41.8. The maximum atomic E-state index is 13.1. The van der Waals surface area contributed by atoms with Crippen LogP contribution in [0.25, 0.3) is 133 Å². The van der Waals surface area contributed by atoms with Crippen LogP contribution in [0.1, 0.15) is 114 Å². The van der Waals surface area contributed by atoms with Crippen molar-refractivity contribution in [1.29, 1.82) is 0 Å². The van der Waals surface area contributed by atoms with Crippen LogP contribution in [0.3, 0.4) is 0 Å². The number of H-pyrrole nitrogens is 5. The SMILES string of the molecule is CC(=O)N1CCC(n2c(=O)[nH]c(=O)c3cnc4ccc(-c5ccc6c(c5)C=NC6)nc4c32)CC1.CC(=O)N1CCC(n2c(=O)[nH]c(=O)c3cnc4ccc(-c5ccsc5)nc4c32)CC1.CC(=O)N1CCC(n2c(=O)[nH]c(=O)c3cnc4ccc(-c5cn[nH]c5)nc4c32)CC1.CC(=O)N1CCC(n2c(=O)[nH]c(=O)c3cnc4ccc(-c5cnn(C)c5)nc4c32)CC1. The molecule has 21 rings (SSSR count). The van der Waals surface area contributed by atoms with Crippen molar-refractivity contribution in [2.45, 2.75) is 110 Å². The monoisotopic (exact) mass is 1700 g/mol. The summed E-state index contributed by atoms with van der Waals surface area (Å²) in [4.78, 5) is 207. The number of carbonyl (C=O) groups is 4. The highest BCUT2D eigenvalue weighted by Crippen LogP contribution is 2.36. The first-order valence-electron chi connectivity index (χ1n) is 40.9. The number of nitrogens with one attached hydrogen (secondary N) is 5. The van der Waals surface area contributed by atoms with E-state index in [1.54, 1.807) is 100 Å². The molecular weight excluding hydrogens is 1620 g/mol. The summed E-state index contributed by atoms with van der Waals surface area (Å²) in [5, 5.41) is 16.2. The molecule has 0 saturated carbocycles. The van der Waals surface area contributed by atoms with Gasteiger partial charge in [-0.3, -0.25) is 111 Å². The van der Waals surface area contributed by atoms with E-state index in [0.717, 1.165) is 39.2 Å². The van der Waals surface area contributed by atoms with E-state index in [1.807, 2.05) is 96.9 Å². The normalized spacial score (nSPS) is 15.3. The van der Waals surface area contributed by atoms with Gasteiger partial charge in [-0.15, -0.1) is 0 Å². The predicted octanol–water partition coefficient (Wildman–Crippen LogP) is 7.38. The average Bonchev–Trinajstić information content (AvgIpc) is 1.14. The third kappa shape index (κ3) is 15.5. The second-order valence-corrected chi connectivity index (χ2v) is 32.4. The van der Waals surface area contributed by atoms with Crippen molar-refractivity contribution in [3.8, 4) is 45.0 Å². The third-order valence-electron chi connectivity index (χ3n) is 24.1. The number of nitrogens with zero attached hydrogens (tertiary/aromatic N) is 20. The molecule has 4 amide bonds. The first kappa shape index (κ1) is 80.9. The predicted molar refractivity (Wildman–Crippen MR) is 470 cm³/mol. The molecule has 4 saturated heterocycles. The minimum Gasteiger partial charge on any atom is -0.343 e. The average molecular weight is 1700 g/mol. The lowest BCUT2D eigenvalue weighted by Gasteiger charge is -2.32. The number of aryl methyl sites for hydroxylation is 1. The van der Waals surface area contributed by atoms with Crippen LogP contribution in [-0.2, 0) is 32.8 Å². The summed E-state index contributed by atoms with van der Waals surface area (Å²) in [7, 11) is 1.83. The topological polar surface area (TPSA) is 463 Å². The number of aromatic amines is 5. The van der Waals surface area contributed by atoms with E-state index < -0.39 is 45.0 Å². The molecular formula is C87H81N25O12S. The van der Waals surface area contributed by atoms with Gasteiger partial charge in [-0.1, -0.05) is 12.1 Å². The van der Waals surface area contributed by atoms with Gasteiger partial charge >= 0.3 is 22.8 Å². The molecule has 5 aliphatic heterocycles. The number of amides is 4. The van der Waals surface area contributed by atoms with Gasteiger partial charge in [0.1, 0.15) is 22.1 Å². The molecule has 4 fully saturated rings. The molecule has 632 valence electrons. The van der Waals surface area contributed by atoms with E-state index >= 15 is 0 Å². The van der Waals surface area contributed by atoms with Crippen LogP contribution in [0.4, 0.5) is 0 Å². The zero-order valence-electron chi connectivity index (χ0n) is 68.4. The minimum atomic E-state index is -0.489. The Morgan fingerprint density at radius 3 is 1.05 bits per heavy atom. The van der Waals surface area contributed by atoms with Gasteiger partial charge in [-0.05, 0) is 129 Å². The Balaban J connectivity index is 0.000000113. The van der Waals surface area contributed by atoms with E-state index in [4.69, 9.17) is 19.9 Å². The lowest BCUT2D eigenvalue weighted by molar-refractivity contribution is -0.130. The number of aliphatic imine (C=N–C) groups is 1. The fourth-order valence-corrected chi connectivity index (χ4v) is 18.2. The zero-order valence-corrected chi connectivity index (χ0v) is 69.2. The summed E-state index contributed by atoms with van der Waals surface area (Å²) in [5.41, 5.74) is 11.2. The maximum Gasteiger partial charge on any atom is 0.329 e. The molecule has 20 heterocycles. The van der Waals surface area contributed by atoms with Crippen LogP contribution < -0.4 is 45.0 Å². The number of fused-ring (bicyclic) bond motifs is 13. The van der Waals surface area contributed by atoms with Gasteiger partial charge < -0.3 is 19.6 Å². The molecule has 0 aliphatic carbocycles. The van der Waals surface area contributed by atoms with Gasteiger partial charge in [0.15, 0.2) is 0 Å². The number of hydrogen-bond donors (Lipinski definition) is 5. The smallest absolute Gasteiger partial charge is 0.329 e. The van der Waals surface area contributed by atoms with Crippen molar-refractivity contribution < 1.29 is 19.2 Å².